The summed E-state index contributed by atoms with van der Waals surface area (Å²) < 4.78 is 29.0. The fourth-order valence-electron chi connectivity index (χ4n) is 3.99. The first-order valence-corrected chi connectivity index (χ1v) is 12.9. The Hall–Kier alpha value is -4.24. The monoisotopic (exact) mass is 498 g/mol. The van der Waals surface area contributed by atoms with E-state index in [9.17, 15) is 8.42 Å². The summed E-state index contributed by atoms with van der Waals surface area (Å²) in [5.41, 5.74) is 11.9. The highest BCUT2D eigenvalue weighted by Gasteiger charge is 2.30. The van der Waals surface area contributed by atoms with Crippen LogP contribution >= 0.6 is 0 Å². The standard InChI is InChI=1S/C27H26N6O2S/c1-17-9-14-21(15-18(17)2)36(34,35)25-24-27(31-23-8-6-5-7-22(23)30-24)33(26(25)28)29-16-19-10-12-20(13-11-19)32(3)4/h5-16H,28H2,1-4H3. The smallest absolute Gasteiger partial charge is 0.212 e. The fraction of sp³-hybridized carbons (Fsp3) is 0.148. The van der Waals surface area contributed by atoms with Crippen LogP contribution in [0.3, 0.4) is 0 Å². The number of rotatable bonds is 5. The van der Waals surface area contributed by atoms with E-state index in [4.69, 9.17) is 5.73 Å². The number of benzene rings is 3. The molecule has 0 bridgehead atoms. The van der Waals surface area contributed by atoms with Crippen LogP contribution in [0.25, 0.3) is 22.2 Å². The van der Waals surface area contributed by atoms with Gasteiger partial charge in [0.05, 0.1) is 22.1 Å². The molecular weight excluding hydrogens is 472 g/mol. The highest BCUT2D eigenvalue weighted by atomic mass is 32.2. The first-order chi connectivity index (χ1) is 17.2. The fourth-order valence-corrected chi connectivity index (χ4v) is 5.55. The van der Waals surface area contributed by atoms with E-state index < -0.39 is 9.84 Å². The van der Waals surface area contributed by atoms with Crippen LogP contribution in [0.5, 0.6) is 0 Å². The van der Waals surface area contributed by atoms with Gasteiger partial charge >= 0.3 is 0 Å². The Morgan fingerprint density at radius 1 is 0.917 bits per heavy atom. The maximum atomic E-state index is 13.8. The molecule has 182 valence electrons. The van der Waals surface area contributed by atoms with Gasteiger partial charge in [-0.2, -0.15) is 9.78 Å². The number of aryl methyl sites for hydroxylation is 2. The molecule has 0 fully saturated rings. The van der Waals surface area contributed by atoms with Crippen molar-refractivity contribution in [3.8, 4) is 0 Å². The molecule has 0 aliphatic carbocycles. The van der Waals surface area contributed by atoms with Crippen molar-refractivity contribution in [2.75, 3.05) is 24.7 Å². The van der Waals surface area contributed by atoms with Crippen LogP contribution in [0.4, 0.5) is 11.5 Å². The second kappa shape index (κ2) is 8.76. The summed E-state index contributed by atoms with van der Waals surface area (Å²) in [6.07, 6.45) is 1.62. The highest BCUT2D eigenvalue weighted by Crippen LogP contribution is 2.35. The zero-order chi connectivity index (χ0) is 25.6. The molecule has 0 atom stereocenters. The summed E-state index contributed by atoms with van der Waals surface area (Å²) >= 11 is 0. The molecule has 0 aliphatic rings. The molecule has 2 heterocycles. The van der Waals surface area contributed by atoms with Gasteiger partial charge in [-0.25, -0.2) is 18.4 Å². The second-order valence-corrected chi connectivity index (χ2v) is 10.8. The number of para-hydroxylation sites is 2. The second-order valence-electron chi connectivity index (χ2n) is 8.89. The van der Waals surface area contributed by atoms with Crippen LogP contribution in [-0.4, -0.2) is 43.4 Å². The lowest BCUT2D eigenvalue weighted by Gasteiger charge is -2.11. The van der Waals surface area contributed by atoms with Crippen molar-refractivity contribution in [3.05, 3.63) is 83.4 Å². The van der Waals surface area contributed by atoms with Crippen LogP contribution < -0.4 is 10.6 Å². The van der Waals surface area contributed by atoms with Gasteiger partial charge in [0.25, 0.3) is 0 Å². The van der Waals surface area contributed by atoms with E-state index >= 15 is 0 Å². The van der Waals surface area contributed by atoms with E-state index in [1.807, 2.05) is 75.3 Å². The van der Waals surface area contributed by atoms with Crippen molar-refractivity contribution < 1.29 is 8.42 Å². The van der Waals surface area contributed by atoms with E-state index in [-0.39, 0.29) is 26.8 Å². The van der Waals surface area contributed by atoms with Gasteiger partial charge in [-0.05, 0) is 66.9 Å². The van der Waals surface area contributed by atoms with Gasteiger partial charge < -0.3 is 10.6 Å². The molecule has 0 radical (unpaired) electrons. The molecule has 8 nitrogen and oxygen atoms in total. The van der Waals surface area contributed by atoms with Crippen molar-refractivity contribution >= 4 is 49.8 Å². The van der Waals surface area contributed by atoms with E-state index in [0.717, 1.165) is 22.4 Å². The largest absolute Gasteiger partial charge is 0.382 e. The number of hydrogen-bond acceptors (Lipinski definition) is 7. The molecule has 0 amide bonds. The minimum Gasteiger partial charge on any atom is -0.382 e. The minimum absolute atomic E-state index is 0.0419. The predicted octanol–water partition coefficient (Wildman–Crippen LogP) is 4.56. The molecule has 2 N–H and O–H groups in total. The van der Waals surface area contributed by atoms with Crippen molar-refractivity contribution in [3.63, 3.8) is 0 Å². The molecule has 0 spiro atoms. The van der Waals surface area contributed by atoms with E-state index in [0.29, 0.717) is 11.0 Å². The molecule has 2 aromatic heterocycles. The number of nitrogens with two attached hydrogens (primary N) is 1. The Bertz CT molecular complexity index is 1750. The van der Waals surface area contributed by atoms with Gasteiger partial charge in [-0.15, -0.1) is 0 Å². The van der Waals surface area contributed by atoms with Gasteiger partial charge in [0, 0.05) is 19.8 Å². The first kappa shape index (κ1) is 23.5. The molecule has 0 aliphatic heterocycles. The molecule has 5 rings (SSSR count). The van der Waals surface area contributed by atoms with Crippen molar-refractivity contribution in [2.45, 2.75) is 23.6 Å². The predicted molar refractivity (Wildman–Crippen MR) is 145 cm³/mol. The Morgan fingerprint density at radius 2 is 1.58 bits per heavy atom. The van der Waals surface area contributed by atoms with E-state index in [1.165, 1.54) is 4.68 Å². The molecule has 0 unspecified atom stereocenters. The van der Waals surface area contributed by atoms with Crippen LogP contribution in [0.1, 0.15) is 16.7 Å². The van der Waals surface area contributed by atoms with Gasteiger partial charge in [-0.1, -0.05) is 30.3 Å². The average Bonchev–Trinajstić information content (AvgIpc) is 3.13. The van der Waals surface area contributed by atoms with Gasteiger partial charge in [-0.3, -0.25) is 0 Å². The molecule has 9 heteroatoms. The van der Waals surface area contributed by atoms with E-state index in [2.05, 4.69) is 15.1 Å². The first-order valence-electron chi connectivity index (χ1n) is 11.4. The number of fused-ring (bicyclic) bond motifs is 2. The Balaban J connectivity index is 1.73. The van der Waals surface area contributed by atoms with Crippen molar-refractivity contribution in [1.82, 2.24) is 14.6 Å². The summed E-state index contributed by atoms with van der Waals surface area (Å²) in [6, 6.07) is 20.1. The van der Waals surface area contributed by atoms with Gasteiger partial charge in [0.2, 0.25) is 9.84 Å². The highest BCUT2D eigenvalue weighted by molar-refractivity contribution is 7.92. The number of hydrogen-bond donors (Lipinski definition) is 1. The zero-order valence-corrected chi connectivity index (χ0v) is 21.3. The summed E-state index contributed by atoms with van der Waals surface area (Å²) in [4.78, 5) is 11.4. The van der Waals surface area contributed by atoms with Crippen molar-refractivity contribution in [2.24, 2.45) is 5.10 Å². The maximum Gasteiger partial charge on any atom is 0.212 e. The number of anilines is 2. The number of sulfone groups is 1. The summed E-state index contributed by atoms with van der Waals surface area (Å²) in [7, 11) is -0.0721. The van der Waals surface area contributed by atoms with Crippen LogP contribution in [0, 0.1) is 13.8 Å². The zero-order valence-electron chi connectivity index (χ0n) is 20.5. The Kier molecular flexibility index (Phi) is 5.72. The van der Waals surface area contributed by atoms with Gasteiger partial charge in [0.1, 0.15) is 16.2 Å². The lowest BCUT2D eigenvalue weighted by Crippen LogP contribution is -2.08. The summed E-state index contributed by atoms with van der Waals surface area (Å²) in [6.45, 7) is 3.81. The Morgan fingerprint density at radius 3 is 2.22 bits per heavy atom. The molecule has 0 saturated heterocycles. The third-order valence-corrected chi connectivity index (χ3v) is 8.03. The molecule has 3 aromatic carbocycles. The van der Waals surface area contributed by atoms with Crippen molar-refractivity contribution in [1.29, 1.82) is 0 Å². The Labute approximate surface area is 209 Å². The molecule has 0 saturated carbocycles. The van der Waals surface area contributed by atoms with Crippen LogP contribution in [0.2, 0.25) is 0 Å². The molecule has 36 heavy (non-hydrogen) atoms. The average molecular weight is 499 g/mol. The van der Waals surface area contributed by atoms with Gasteiger partial charge in [0.15, 0.2) is 5.65 Å². The quantitative estimate of drug-likeness (QED) is 0.356. The lowest BCUT2D eigenvalue weighted by molar-refractivity contribution is 0.597. The minimum atomic E-state index is -4.01. The summed E-state index contributed by atoms with van der Waals surface area (Å²) in [5.74, 6) is -0.0419. The third-order valence-electron chi connectivity index (χ3n) is 6.22. The number of aromatic nitrogens is 3. The molecule has 5 aromatic rings. The summed E-state index contributed by atoms with van der Waals surface area (Å²) in [5, 5.41) is 4.53. The topological polar surface area (TPSA) is 106 Å². The third kappa shape index (κ3) is 3.97. The number of nitrogen functional groups attached to an aromatic ring is 1. The maximum absolute atomic E-state index is 13.8. The van der Waals surface area contributed by atoms with Crippen LogP contribution in [-0.2, 0) is 9.84 Å². The van der Waals surface area contributed by atoms with Crippen LogP contribution in [0.15, 0.2) is 81.6 Å². The molecular formula is C27H26N6O2S. The number of nitrogens with zero attached hydrogens (tertiary/aromatic N) is 5. The van der Waals surface area contributed by atoms with E-state index in [1.54, 1.807) is 30.5 Å². The SMILES string of the molecule is Cc1ccc(S(=O)(=O)c2c(N)n(N=Cc3ccc(N(C)C)cc3)c3nc4ccccc4nc23)cc1C. The lowest BCUT2D eigenvalue weighted by atomic mass is 10.1. The normalized spacial score (nSPS) is 12.1.